The SMILES string of the molecule is COCC(=O)N1CCCN(C(=O)c2cccnc2)C(c2nc(C)no2)C1. The predicted molar refractivity (Wildman–Crippen MR) is 90.1 cm³/mol. The van der Waals surface area contributed by atoms with Gasteiger partial charge in [-0.15, -0.1) is 0 Å². The zero-order valence-electron chi connectivity index (χ0n) is 14.8. The van der Waals surface area contributed by atoms with E-state index in [0.29, 0.717) is 36.8 Å². The Bertz CT molecular complexity index is 764. The van der Waals surface area contributed by atoms with Gasteiger partial charge in [-0.2, -0.15) is 4.98 Å². The van der Waals surface area contributed by atoms with Crippen LogP contribution in [0.5, 0.6) is 0 Å². The average molecular weight is 359 g/mol. The summed E-state index contributed by atoms with van der Waals surface area (Å²) in [5.74, 6) is 0.481. The fourth-order valence-electron chi connectivity index (χ4n) is 2.99. The number of ether oxygens (including phenoxy) is 1. The van der Waals surface area contributed by atoms with Gasteiger partial charge in [-0.25, -0.2) is 0 Å². The summed E-state index contributed by atoms with van der Waals surface area (Å²) >= 11 is 0. The van der Waals surface area contributed by atoms with Crippen molar-refractivity contribution < 1.29 is 18.8 Å². The maximum absolute atomic E-state index is 13.0. The minimum absolute atomic E-state index is 0.00780. The van der Waals surface area contributed by atoms with Crippen molar-refractivity contribution in [2.45, 2.75) is 19.4 Å². The zero-order chi connectivity index (χ0) is 18.5. The first kappa shape index (κ1) is 18.0. The summed E-state index contributed by atoms with van der Waals surface area (Å²) in [5.41, 5.74) is 0.477. The van der Waals surface area contributed by atoms with E-state index in [1.807, 2.05) is 0 Å². The highest BCUT2D eigenvalue weighted by atomic mass is 16.5. The lowest BCUT2D eigenvalue weighted by Crippen LogP contribution is -2.41. The van der Waals surface area contributed by atoms with Gasteiger partial charge in [0.1, 0.15) is 12.6 Å². The fraction of sp³-hybridized carbons (Fsp3) is 0.471. The topological polar surface area (TPSA) is 102 Å². The molecule has 26 heavy (non-hydrogen) atoms. The Labute approximate surface area is 150 Å². The summed E-state index contributed by atoms with van der Waals surface area (Å²) < 4.78 is 10.3. The van der Waals surface area contributed by atoms with Crippen LogP contribution in [0.3, 0.4) is 0 Å². The molecule has 1 aliphatic rings. The smallest absolute Gasteiger partial charge is 0.256 e. The standard InChI is InChI=1S/C17H21N5O4/c1-12-19-16(26-20-12)14-10-21(15(23)11-25-2)7-4-8-22(14)17(24)13-5-3-6-18-9-13/h3,5-6,9,14H,4,7-8,10-11H2,1-2H3. The van der Waals surface area contributed by atoms with Crippen LogP contribution in [0.15, 0.2) is 29.0 Å². The molecule has 9 nitrogen and oxygen atoms in total. The number of amides is 2. The van der Waals surface area contributed by atoms with Crippen LogP contribution in [0.2, 0.25) is 0 Å². The predicted octanol–water partition coefficient (Wildman–Crippen LogP) is 0.835. The van der Waals surface area contributed by atoms with Gasteiger partial charge in [0.2, 0.25) is 5.91 Å². The van der Waals surface area contributed by atoms with E-state index < -0.39 is 6.04 Å². The van der Waals surface area contributed by atoms with Crippen LogP contribution in [-0.2, 0) is 9.53 Å². The summed E-state index contributed by atoms with van der Waals surface area (Å²) in [6, 6.07) is 2.91. The first-order valence-corrected chi connectivity index (χ1v) is 8.38. The second-order valence-corrected chi connectivity index (χ2v) is 6.06. The Balaban J connectivity index is 1.91. The molecule has 0 N–H and O–H groups in total. The number of carbonyl (C=O) groups is 2. The summed E-state index contributed by atoms with van der Waals surface area (Å²) in [6.45, 7) is 2.98. The number of aryl methyl sites for hydroxylation is 1. The maximum Gasteiger partial charge on any atom is 0.256 e. The number of rotatable bonds is 4. The molecule has 2 aromatic heterocycles. The molecule has 3 heterocycles. The van der Waals surface area contributed by atoms with Crippen LogP contribution in [0.4, 0.5) is 0 Å². The molecule has 2 amide bonds. The van der Waals surface area contributed by atoms with Crippen LogP contribution < -0.4 is 0 Å². The third-order valence-electron chi connectivity index (χ3n) is 4.21. The van der Waals surface area contributed by atoms with Crippen molar-refractivity contribution in [2.75, 3.05) is 33.4 Å². The van der Waals surface area contributed by atoms with Gasteiger partial charge in [0.15, 0.2) is 5.82 Å². The highest BCUT2D eigenvalue weighted by molar-refractivity contribution is 5.94. The molecular formula is C17H21N5O4. The number of carbonyl (C=O) groups excluding carboxylic acids is 2. The normalized spacial score (nSPS) is 17.8. The number of aromatic nitrogens is 3. The number of hydrogen-bond acceptors (Lipinski definition) is 7. The molecule has 0 radical (unpaired) electrons. The maximum atomic E-state index is 13.0. The second-order valence-electron chi connectivity index (χ2n) is 6.06. The van der Waals surface area contributed by atoms with E-state index in [-0.39, 0.29) is 25.0 Å². The molecule has 0 aromatic carbocycles. The van der Waals surface area contributed by atoms with Crippen LogP contribution >= 0.6 is 0 Å². The van der Waals surface area contributed by atoms with Gasteiger partial charge in [0.25, 0.3) is 11.8 Å². The molecule has 1 aliphatic heterocycles. The van der Waals surface area contributed by atoms with Crippen LogP contribution in [-0.4, -0.2) is 70.1 Å². The van der Waals surface area contributed by atoms with E-state index in [9.17, 15) is 9.59 Å². The molecule has 1 fully saturated rings. The summed E-state index contributed by atoms with van der Waals surface area (Å²) in [6.07, 6.45) is 3.78. The number of pyridine rings is 1. The van der Waals surface area contributed by atoms with E-state index in [4.69, 9.17) is 9.26 Å². The Morgan fingerprint density at radius 3 is 2.88 bits per heavy atom. The molecule has 138 valence electrons. The Hall–Kier alpha value is -2.81. The first-order valence-electron chi connectivity index (χ1n) is 8.38. The summed E-state index contributed by atoms with van der Waals surface area (Å²) in [5, 5.41) is 3.83. The van der Waals surface area contributed by atoms with Gasteiger partial charge < -0.3 is 19.1 Å². The highest BCUT2D eigenvalue weighted by Crippen LogP contribution is 2.26. The third kappa shape index (κ3) is 3.88. The molecule has 2 aromatic rings. The average Bonchev–Trinajstić information content (AvgIpc) is 2.96. The molecular weight excluding hydrogens is 338 g/mol. The van der Waals surface area contributed by atoms with Gasteiger partial charge in [-0.3, -0.25) is 14.6 Å². The molecule has 0 aliphatic carbocycles. The van der Waals surface area contributed by atoms with Gasteiger partial charge in [0.05, 0.1) is 12.1 Å². The van der Waals surface area contributed by atoms with Crippen LogP contribution in [0, 0.1) is 6.92 Å². The lowest BCUT2D eigenvalue weighted by Gasteiger charge is -2.29. The van der Waals surface area contributed by atoms with Gasteiger partial charge in [-0.05, 0) is 25.5 Å². The van der Waals surface area contributed by atoms with E-state index in [1.165, 1.54) is 13.3 Å². The fourth-order valence-corrected chi connectivity index (χ4v) is 2.99. The number of nitrogens with zero attached hydrogens (tertiary/aromatic N) is 5. The minimum atomic E-state index is -0.521. The minimum Gasteiger partial charge on any atom is -0.375 e. The number of methoxy groups -OCH3 is 1. The van der Waals surface area contributed by atoms with Crippen molar-refractivity contribution in [1.82, 2.24) is 24.9 Å². The van der Waals surface area contributed by atoms with Gasteiger partial charge in [0, 0.05) is 32.6 Å². The zero-order valence-corrected chi connectivity index (χ0v) is 14.8. The van der Waals surface area contributed by atoms with Crippen molar-refractivity contribution in [3.63, 3.8) is 0 Å². The van der Waals surface area contributed by atoms with Crippen molar-refractivity contribution in [3.05, 3.63) is 41.8 Å². The second kappa shape index (κ2) is 8.05. The highest BCUT2D eigenvalue weighted by Gasteiger charge is 2.35. The molecule has 0 bridgehead atoms. The van der Waals surface area contributed by atoms with E-state index in [1.54, 1.807) is 35.1 Å². The first-order chi connectivity index (χ1) is 12.6. The Kier molecular flexibility index (Phi) is 5.57. The van der Waals surface area contributed by atoms with Gasteiger partial charge >= 0.3 is 0 Å². The van der Waals surface area contributed by atoms with Gasteiger partial charge in [-0.1, -0.05) is 5.16 Å². The number of hydrogen-bond donors (Lipinski definition) is 0. The lowest BCUT2D eigenvalue weighted by atomic mass is 10.1. The van der Waals surface area contributed by atoms with Crippen molar-refractivity contribution in [1.29, 1.82) is 0 Å². The van der Waals surface area contributed by atoms with Crippen LogP contribution in [0.25, 0.3) is 0 Å². The molecule has 9 heteroatoms. The Morgan fingerprint density at radius 1 is 1.38 bits per heavy atom. The third-order valence-corrected chi connectivity index (χ3v) is 4.21. The van der Waals surface area contributed by atoms with E-state index >= 15 is 0 Å². The molecule has 0 spiro atoms. The quantitative estimate of drug-likeness (QED) is 0.797. The molecule has 1 unspecified atom stereocenters. The molecule has 1 atom stereocenters. The summed E-state index contributed by atoms with van der Waals surface area (Å²) in [7, 11) is 1.48. The molecule has 1 saturated heterocycles. The molecule has 0 saturated carbocycles. The monoisotopic (exact) mass is 359 g/mol. The lowest BCUT2D eigenvalue weighted by molar-refractivity contribution is -0.135. The van der Waals surface area contributed by atoms with Crippen molar-refractivity contribution in [3.8, 4) is 0 Å². The van der Waals surface area contributed by atoms with Crippen molar-refractivity contribution in [2.24, 2.45) is 0 Å². The van der Waals surface area contributed by atoms with E-state index in [2.05, 4.69) is 15.1 Å². The Morgan fingerprint density at radius 2 is 2.23 bits per heavy atom. The largest absolute Gasteiger partial charge is 0.375 e. The van der Waals surface area contributed by atoms with Crippen LogP contribution in [0.1, 0.15) is 34.5 Å². The summed E-state index contributed by atoms with van der Waals surface area (Å²) in [4.78, 5) is 37.0. The van der Waals surface area contributed by atoms with E-state index in [0.717, 1.165) is 0 Å². The molecule has 3 rings (SSSR count). The van der Waals surface area contributed by atoms with Crippen molar-refractivity contribution >= 4 is 11.8 Å².